The average molecular weight is 113 g/mol. The highest BCUT2D eigenvalue weighted by molar-refractivity contribution is 5.04. The summed E-state index contributed by atoms with van der Waals surface area (Å²) >= 11 is 0. The molecule has 5 nitrogen and oxygen atoms in total. The van der Waals surface area contributed by atoms with Crippen molar-refractivity contribution in [2.45, 2.75) is 6.92 Å². The summed E-state index contributed by atoms with van der Waals surface area (Å²) in [6, 6.07) is -0.220. The van der Waals surface area contributed by atoms with Gasteiger partial charge in [0.2, 0.25) is 0 Å². The minimum Gasteiger partial charge on any atom is -0.310 e. The molecule has 1 aromatic heterocycles. The smallest absolute Gasteiger partial charge is 0.310 e. The van der Waals surface area contributed by atoms with Crippen LogP contribution in [-0.4, -0.2) is 10.1 Å². The molecule has 0 aliphatic rings. The van der Waals surface area contributed by atoms with Crippen LogP contribution in [0.1, 0.15) is 5.82 Å². The second-order valence-electron chi connectivity index (χ2n) is 1.22. The van der Waals surface area contributed by atoms with Crippen LogP contribution in [0.2, 0.25) is 0 Å². The maximum Gasteiger partial charge on any atom is 0.385 e. The van der Waals surface area contributed by atoms with Gasteiger partial charge >= 0.3 is 6.01 Å². The van der Waals surface area contributed by atoms with Crippen LogP contribution in [0.25, 0.3) is 0 Å². The molecule has 0 fully saturated rings. The summed E-state index contributed by atoms with van der Waals surface area (Å²) in [5.74, 6) is 0.416. The third-order valence-corrected chi connectivity index (χ3v) is 0.595. The molecule has 0 saturated carbocycles. The zero-order valence-corrected chi connectivity index (χ0v) is 4.16. The number of aromatic nitrogens is 2. The molecular weight excluding hydrogens is 110 g/mol. The number of rotatable bonds is 1. The van der Waals surface area contributed by atoms with E-state index in [1.807, 2.05) is 0 Å². The standard InChI is InChI=1S/C3H3N3O2/c1-2-4-3(5-7)8-6-2/h1H3. The Kier molecular flexibility index (Phi) is 1.03. The Balaban J connectivity index is 3.00. The number of aryl methyl sites for hydroxylation is 1. The Labute approximate surface area is 44.7 Å². The van der Waals surface area contributed by atoms with Crippen molar-refractivity contribution in [2.75, 3.05) is 0 Å². The molecule has 0 bridgehead atoms. The van der Waals surface area contributed by atoms with Crippen molar-refractivity contribution in [2.24, 2.45) is 5.18 Å². The van der Waals surface area contributed by atoms with Crippen molar-refractivity contribution in [3.63, 3.8) is 0 Å². The van der Waals surface area contributed by atoms with Gasteiger partial charge in [0, 0.05) is 5.18 Å². The zero-order chi connectivity index (χ0) is 5.98. The molecule has 0 amide bonds. The van der Waals surface area contributed by atoms with Gasteiger partial charge in [-0.05, 0) is 6.92 Å². The molecule has 1 rings (SSSR count). The lowest BCUT2D eigenvalue weighted by Crippen LogP contribution is -1.67. The second kappa shape index (κ2) is 1.69. The van der Waals surface area contributed by atoms with Gasteiger partial charge in [-0.15, -0.1) is 4.91 Å². The third-order valence-electron chi connectivity index (χ3n) is 0.595. The largest absolute Gasteiger partial charge is 0.385 e. The SMILES string of the molecule is Cc1noc(N=O)n1. The van der Waals surface area contributed by atoms with E-state index in [9.17, 15) is 4.91 Å². The third kappa shape index (κ3) is 0.699. The number of nitroso groups, excluding NO2 is 1. The predicted molar refractivity (Wildman–Crippen MR) is 24.5 cm³/mol. The highest BCUT2D eigenvalue weighted by Crippen LogP contribution is 2.03. The maximum atomic E-state index is 9.57. The Bertz CT molecular complexity index is 194. The molecule has 0 atom stereocenters. The first-order chi connectivity index (χ1) is 3.83. The predicted octanol–water partition coefficient (Wildman–Crippen LogP) is 0.776. The van der Waals surface area contributed by atoms with Crippen LogP contribution in [0.4, 0.5) is 6.01 Å². The van der Waals surface area contributed by atoms with Crippen LogP contribution in [0, 0.1) is 11.8 Å². The van der Waals surface area contributed by atoms with Gasteiger partial charge in [-0.1, -0.05) is 5.16 Å². The number of nitrogens with zero attached hydrogens (tertiary/aromatic N) is 3. The monoisotopic (exact) mass is 113 g/mol. The van der Waals surface area contributed by atoms with Crippen molar-refractivity contribution in [3.05, 3.63) is 10.7 Å². The first-order valence-corrected chi connectivity index (χ1v) is 1.96. The van der Waals surface area contributed by atoms with Crippen molar-refractivity contribution in [3.8, 4) is 0 Å². The van der Waals surface area contributed by atoms with Crippen molar-refractivity contribution < 1.29 is 4.52 Å². The first kappa shape index (κ1) is 4.89. The van der Waals surface area contributed by atoms with Crippen LogP contribution in [-0.2, 0) is 0 Å². The summed E-state index contributed by atoms with van der Waals surface area (Å²) in [5, 5.41) is 5.71. The van der Waals surface area contributed by atoms with Crippen LogP contribution in [0.5, 0.6) is 0 Å². The molecule has 1 aromatic rings. The first-order valence-electron chi connectivity index (χ1n) is 1.96. The highest BCUT2D eigenvalue weighted by atomic mass is 16.5. The van der Waals surface area contributed by atoms with E-state index in [0.29, 0.717) is 5.82 Å². The summed E-state index contributed by atoms with van der Waals surface area (Å²) in [4.78, 5) is 13.0. The molecule has 0 N–H and O–H groups in total. The van der Waals surface area contributed by atoms with Crippen LogP contribution >= 0.6 is 0 Å². The zero-order valence-electron chi connectivity index (χ0n) is 4.16. The fourth-order valence-corrected chi connectivity index (χ4v) is 0.323. The van der Waals surface area contributed by atoms with Gasteiger partial charge in [0.1, 0.15) is 0 Å². The van der Waals surface area contributed by atoms with E-state index in [-0.39, 0.29) is 6.01 Å². The van der Waals surface area contributed by atoms with Gasteiger partial charge in [-0.25, -0.2) is 0 Å². The summed E-state index contributed by atoms with van der Waals surface area (Å²) in [7, 11) is 0. The number of hydrogen-bond donors (Lipinski definition) is 0. The summed E-state index contributed by atoms with van der Waals surface area (Å²) in [5.41, 5.74) is 0. The molecule has 0 unspecified atom stereocenters. The van der Waals surface area contributed by atoms with E-state index in [4.69, 9.17) is 0 Å². The van der Waals surface area contributed by atoms with Gasteiger partial charge in [-0.3, -0.25) is 0 Å². The molecule has 0 saturated heterocycles. The Morgan fingerprint density at radius 2 is 2.50 bits per heavy atom. The van der Waals surface area contributed by atoms with Crippen molar-refractivity contribution >= 4 is 6.01 Å². The van der Waals surface area contributed by atoms with Gasteiger partial charge in [-0.2, -0.15) is 4.98 Å². The van der Waals surface area contributed by atoms with Gasteiger partial charge in [0.25, 0.3) is 0 Å². The Hall–Kier alpha value is -1.26. The molecular formula is C3H3N3O2. The molecule has 0 spiro atoms. The molecule has 0 aliphatic heterocycles. The minimum atomic E-state index is -0.220. The topological polar surface area (TPSA) is 68.3 Å². The van der Waals surface area contributed by atoms with Crippen LogP contribution < -0.4 is 0 Å². The highest BCUT2D eigenvalue weighted by Gasteiger charge is 1.97. The lowest BCUT2D eigenvalue weighted by molar-refractivity contribution is 0.423. The van der Waals surface area contributed by atoms with E-state index in [0.717, 1.165) is 0 Å². The summed E-state index contributed by atoms with van der Waals surface area (Å²) < 4.78 is 4.27. The fraction of sp³-hybridized carbons (Fsp3) is 0.333. The summed E-state index contributed by atoms with van der Waals surface area (Å²) in [6.45, 7) is 1.61. The lowest BCUT2D eigenvalue weighted by atomic mass is 10.8. The normalized spacial score (nSPS) is 9.12. The average Bonchev–Trinajstić information content (AvgIpc) is 2.14. The van der Waals surface area contributed by atoms with E-state index in [2.05, 4.69) is 19.8 Å². The van der Waals surface area contributed by atoms with E-state index >= 15 is 0 Å². The van der Waals surface area contributed by atoms with E-state index in [1.54, 1.807) is 6.92 Å². The van der Waals surface area contributed by atoms with Crippen molar-refractivity contribution in [1.82, 2.24) is 10.1 Å². The molecule has 0 radical (unpaired) electrons. The lowest BCUT2D eigenvalue weighted by Gasteiger charge is -1.63. The maximum absolute atomic E-state index is 9.57. The second-order valence-corrected chi connectivity index (χ2v) is 1.22. The fourth-order valence-electron chi connectivity index (χ4n) is 0.323. The summed E-state index contributed by atoms with van der Waals surface area (Å²) in [6.07, 6.45) is 0. The van der Waals surface area contributed by atoms with E-state index < -0.39 is 0 Å². The van der Waals surface area contributed by atoms with Crippen molar-refractivity contribution in [1.29, 1.82) is 0 Å². The van der Waals surface area contributed by atoms with Crippen LogP contribution in [0.3, 0.4) is 0 Å². The molecule has 0 aliphatic carbocycles. The minimum absolute atomic E-state index is 0.220. The number of hydrogen-bond acceptors (Lipinski definition) is 5. The van der Waals surface area contributed by atoms with Gasteiger partial charge < -0.3 is 4.52 Å². The molecule has 1 heterocycles. The molecule has 8 heavy (non-hydrogen) atoms. The van der Waals surface area contributed by atoms with Gasteiger partial charge in [0.05, 0.1) is 0 Å². The molecule has 42 valence electrons. The van der Waals surface area contributed by atoms with Crippen LogP contribution in [0.15, 0.2) is 9.70 Å². The van der Waals surface area contributed by atoms with Gasteiger partial charge in [0.15, 0.2) is 5.82 Å². The molecule has 0 aromatic carbocycles. The quantitative estimate of drug-likeness (QED) is 0.504. The Morgan fingerprint density at radius 1 is 1.75 bits per heavy atom. The molecule has 5 heteroatoms. The van der Waals surface area contributed by atoms with E-state index in [1.165, 1.54) is 0 Å². The Morgan fingerprint density at radius 3 is 2.75 bits per heavy atom.